The highest BCUT2D eigenvalue weighted by atomic mass is 16.5. The predicted octanol–water partition coefficient (Wildman–Crippen LogP) is 2.51. The summed E-state index contributed by atoms with van der Waals surface area (Å²) in [4.78, 5) is 4.67. The van der Waals surface area contributed by atoms with Gasteiger partial charge < -0.3 is 4.74 Å². The van der Waals surface area contributed by atoms with Crippen LogP contribution in [-0.4, -0.2) is 25.0 Å². The Morgan fingerprint density at radius 1 is 1.43 bits per heavy atom. The molecule has 2 rings (SSSR count). The van der Waals surface area contributed by atoms with Crippen LogP contribution in [0.25, 0.3) is 0 Å². The molecule has 0 saturated carbocycles. The minimum Gasteiger partial charge on any atom is -0.375 e. The molecule has 2 nitrogen and oxygen atoms in total. The van der Waals surface area contributed by atoms with Crippen molar-refractivity contribution in [2.45, 2.75) is 32.2 Å². The largest absolute Gasteiger partial charge is 0.375 e. The third-order valence-electron chi connectivity index (χ3n) is 2.69. The average molecular weight is 191 g/mol. The molecule has 0 aromatic rings. The Kier molecular flexibility index (Phi) is 3.14. The van der Waals surface area contributed by atoms with Crippen LogP contribution in [0.5, 0.6) is 0 Å². The minimum atomic E-state index is 0.309. The van der Waals surface area contributed by atoms with Gasteiger partial charge in [0.15, 0.2) is 0 Å². The topological polar surface area (TPSA) is 21.6 Å². The fraction of sp³-hybridized carbons (Fsp3) is 0.583. The van der Waals surface area contributed by atoms with Crippen LogP contribution in [0.2, 0.25) is 0 Å². The van der Waals surface area contributed by atoms with Crippen LogP contribution in [0.1, 0.15) is 26.2 Å². The molecule has 0 unspecified atom stereocenters. The third kappa shape index (κ3) is 2.32. The van der Waals surface area contributed by atoms with E-state index in [0.29, 0.717) is 6.04 Å². The molecule has 1 atom stereocenters. The molecular formula is C12H17NO. The summed E-state index contributed by atoms with van der Waals surface area (Å²) in [6, 6.07) is 0.309. The number of ether oxygens (including phenoxy) is 1. The standard InChI is InChI=1S/C12H17NO/c1-10(11-5-3-2-4-6-11)13-12-7-8-14-9-12/h3,5-6,10H,2,4,7-9H2,1H3/t10-/m0/s1. The number of nitrogens with zero attached hydrogens (tertiary/aromatic N) is 1. The highest BCUT2D eigenvalue weighted by Crippen LogP contribution is 2.16. The van der Waals surface area contributed by atoms with Gasteiger partial charge in [-0.15, -0.1) is 0 Å². The van der Waals surface area contributed by atoms with E-state index in [2.05, 4.69) is 30.1 Å². The van der Waals surface area contributed by atoms with Gasteiger partial charge in [-0.3, -0.25) is 4.99 Å². The van der Waals surface area contributed by atoms with Gasteiger partial charge in [-0.2, -0.15) is 0 Å². The molecule has 1 aliphatic heterocycles. The summed E-state index contributed by atoms with van der Waals surface area (Å²) in [6.07, 6.45) is 10.1. The van der Waals surface area contributed by atoms with Crippen molar-refractivity contribution in [1.82, 2.24) is 0 Å². The molecule has 1 aliphatic carbocycles. The van der Waals surface area contributed by atoms with Gasteiger partial charge in [0.25, 0.3) is 0 Å². The van der Waals surface area contributed by atoms with Gasteiger partial charge >= 0.3 is 0 Å². The second kappa shape index (κ2) is 4.56. The molecule has 2 heteroatoms. The van der Waals surface area contributed by atoms with E-state index in [1.54, 1.807) is 0 Å². The van der Waals surface area contributed by atoms with E-state index in [1.165, 1.54) is 17.7 Å². The van der Waals surface area contributed by atoms with Crippen LogP contribution in [0, 0.1) is 0 Å². The molecule has 0 N–H and O–H groups in total. The normalized spacial score (nSPS) is 26.6. The number of aliphatic imine (C=N–C) groups is 1. The monoisotopic (exact) mass is 191 g/mol. The van der Waals surface area contributed by atoms with E-state index in [0.717, 1.165) is 26.1 Å². The smallest absolute Gasteiger partial charge is 0.0845 e. The Bertz CT molecular complexity index is 281. The van der Waals surface area contributed by atoms with Crippen LogP contribution < -0.4 is 0 Å². The zero-order valence-electron chi connectivity index (χ0n) is 8.70. The Morgan fingerprint density at radius 2 is 2.36 bits per heavy atom. The molecule has 76 valence electrons. The molecule has 0 spiro atoms. The average Bonchev–Trinajstić information content (AvgIpc) is 2.72. The number of rotatable bonds is 2. The van der Waals surface area contributed by atoms with Crippen molar-refractivity contribution in [3.63, 3.8) is 0 Å². The third-order valence-corrected chi connectivity index (χ3v) is 2.69. The second-order valence-corrected chi connectivity index (χ2v) is 3.86. The first-order valence-corrected chi connectivity index (χ1v) is 5.36. The second-order valence-electron chi connectivity index (χ2n) is 3.86. The van der Waals surface area contributed by atoms with Crippen molar-refractivity contribution in [2.75, 3.05) is 13.2 Å². The van der Waals surface area contributed by atoms with Crippen LogP contribution in [-0.2, 0) is 4.74 Å². The van der Waals surface area contributed by atoms with Gasteiger partial charge in [0.05, 0.1) is 19.3 Å². The number of allylic oxidation sites excluding steroid dienone is 2. The van der Waals surface area contributed by atoms with Crippen LogP contribution in [0.3, 0.4) is 0 Å². The first-order chi connectivity index (χ1) is 6.86. The van der Waals surface area contributed by atoms with Crippen molar-refractivity contribution in [3.05, 3.63) is 23.8 Å². The van der Waals surface area contributed by atoms with Gasteiger partial charge in [0.2, 0.25) is 0 Å². The van der Waals surface area contributed by atoms with Crippen LogP contribution >= 0.6 is 0 Å². The molecule has 0 radical (unpaired) electrons. The zero-order chi connectivity index (χ0) is 9.80. The van der Waals surface area contributed by atoms with Gasteiger partial charge in [-0.1, -0.05) is 18.2 Å². The van der Waals surface area contributed by atoms with E-state index in [1.807, 2.05) is 0 Å². The summed E-state index contributed by atoms with van der Waals surface area (Å²) in [5, 5.41) is 0. The van der Waals surface area contributed by atoms with E-state index in [-0.39, 0.29) is 0 Å². The van der Waals surface area contributed by atoms with E-state index in [9.17, 15) is 0 Å². The summed E-state index contributed by atoms with van der Waals surface area (Å²) in [5.41, 5.74) is 2.58. The molecule has 0 aromatic carbocycles. The first-order valence-electron chi connectivity index (χ1n) is 5.36. The minimum absolute atomic E-state index is 0.309. The Balaban J connectivity index is 2.00. The molecule has 0 bridgehead atoms. The van der Waals surface area contributed by atoms with E-state index in [4.69, 9.17) is 4.74 Å². The van der Waals surface area contributed by atoms with Gasteiger partial charge in [-0.05, 0) is 25.3 Å². The fourth-order valence-electron chi connectivity index (χ4n) is 1.85. The molecular weight excluding hydrogens is 174 g/mol. The van der Waals surface area contributed by atoms with E-state index >= 15 is 0 Å². The van der Waals surface area contributed by atoms with E-state index < -0.39 is 0 Å². The lowest BCUT2D eigenvalue weighted by molar-refractivity contribution is 0.209. The maximum absolute atomic E-state index is 5.28. The lowest BCUT2D eigenvalue weighted by Gasteiger charge is -2.12. The molecule has 1 fully saturated rings. The molecule has 1 heterocycles. The summed E-state index contributed by atoms with van der Waals surface area (Å²) in [6.45, 7) is 3.74. The molecule has 0 aromatic heterocycles. The van der Waals surface area contributed by atoms with Gasteiger partial charge in [-0.25, -0.2) is 0 Å². The summed E-state index contributed by atoms with van der Waals surface area (Å²) in [5.74, 6) is 0. The predicted molar refractivity (Wildman–Crippen MR) is 58.8 cm³/mol. The quantitative estimate of drug-likeness (QED) is 0.657. The highest BCUT2D eigenvalue weighted by Gasteiger charge is 2.12. The Labute approximate surface area is 85.4 Å². The van der Waals surface area contributed by atoms with Crippen molar-refractivity contribution in [3.8, 4) is 0 Å². The number of hydrogen-bond donors (Lipinski definition) is 0. The van der Waals surface area contributed by atoms with Crippen molar-refractivity contribution < 1.29 is 4.74 Å². The lowest BCUT2D eigenvalue weighted by Crippen LogP contribution is -2.08. The number of hydrogen-bond acceptors (Lipinski definition) is 2. The highest BCUT2D eigenvalue weighted by molar-refractivity contribution is 5.87. The first kappa shape index (κ1) is 9.66. The van der Waals surface area contributed by atoms with Crippen molar-refractivity contribution >= 4 is 5.71 Å². The fourth-order valence-corrected chi connectivity index (χ4v) is 1.85. The Morgan fingerprint density at radius 3 is 3.00 bits per heavy atom. The maximum Gasteiger partial charge on any atom is 0.0845 e. The lowest BCUT2D eigenvalue weighted by atomic mass is 10.0. The van der Waals surface area contributed by atoms with Gasteiger partial charge in [0, 0.05) is 12.1 Å². The van der Waals surface area contributed by atoms with Crippen LogP contribution in [0.15, 0.2) is 28.8 Å². The van der Waals surface area contributed by atoms with Gasteiger partial charge in [0.1, 0.15) is 0 Å². The SMILES string of the molecule is C[C@H](N=C1CCOC1)C1=CCCC=C1. The molecule has 0 amide bonds. The Hall–Kier alpha value is -0.890. The summed E-state index contributed by atoms with van der Waals surface area (Å²) >= 11 is 0. The summed E-state index contributed by atoms with van der Waals surface area (Å²) in [7, 11) is 0. The molecule has 2 aliphatic rings. The zero-order valence-corrected chi connectivity index (χ0v) is 8.70. The molecule has 14 heavy (non-hydrogen) atoms. The maximum atomic E-state index is 5.28. The molecule has 1 saturated heterocycles. The van der Waals surface area contributed by atoms with Crippen LogP contribution in [0.4, 0.5) is 0 Å². The van der Waals surface area contributed by atoms with Crippen molar-refractivity contribution in [1.29, 1.82) is 0 Å². The summed E-state index contributed by atoms with van der Waals surface area (Å²) < 4.78 is 5.28. The van der Waals surface area contributed by atoms with Crippen molar-refractivity contribution in [2.24, 2.45) is 4.99 Å².